The van der Waals surface area contributed by atoms with Gasteiger partial charge >= 0.3 is 12.4 Å². The van der Waals surface area contributed by atoms with Gasteiger partial charge in [0.2, 0.25) is 5.54 Å². The maximum Gasteiger partial charge on any atom is 0.415 e. The quantitative estimate of drug-likeness (QED) is 0.525. The Morgan fingerprint density at radius 1 is 1.12 bits per heavy atom. The van der Waals surface area contributed by atoms with Gasteiger partial charge in [0.25, 0.3) is 0 Å². The number of alkyl halides is 8. The molecule has 1 saturated heterocycles. The minimum atomic E-state index is -5.40. The van der Waals surface area contributed by atoms with Crippen molar-refractivity contribution in [3.8, 4) is 0 Å². The summed E-state index contributed by atoms with van der Waals surface area (Å²) in [6.45, 7) is 0. The van der Waals surface area contributed by atoms with Gasteiger partial charge in [-0.05, 0) is 6.42 Å². The van der Waals surface area contributed by atoms with Crippen molar-refractivity contribution in [1.82, 2.24) is 5.32 Å². The van der Waals surface area contributed by atoms with Gasteiger partial charge in [0.1, 0.15) is 0 Å². The van der Waals surface area contributed by atoms with Gasteiger partial charge in [-0.25, -0.2) is 0 Å². The van der Waals surface area contributed by atoms with Crippen LogP contribution in [0.3, 0.4) is 0 Å². The molecule has 0 amide bonds. The number of halogens is 8. The Morgan fingerprint density at radius 3 is 1.82 bits per heavy atom. The van der Waals surface area contributed by atoms with E-state index >= 15 is 0 Å². The number of hydrogen-bond acceptors (Lipinski definition) is 1. The summed E-state index contributed by atoms with van der Waals surface area (Å²) in [5.74, 6) is -1.63. The number of hydrogen-bond donors (Lipinski definition) is 1. The third-order valence-corrected chi connectivity index (χ3v) is 5.10. The van der Waals surface area contributed by atoms with Crippen LogP contribution in [0.1, 0.15) is 6.42 Å². The van der Waals surface area contributed by atoms with Crippen molar-refractivity contribution < 1.29 is 26.3 Å². The average Bonchev–Trinajstić information content (AvgIpc) is 2.53. The van der Waals surface area contributed by atoms with E-state index in [2.05, 4.69) is 15.9 Å². The van der Waals surface area contributed by atoms with E-state index in [1.807, 2.05) is 0 Å². The summed E-state index contributed by atoms with van der Waals surface area (Å²) in [7, 11) is 0. The van der Waals surface area contributed by atoms with E-state index in [-0.39, 0.29) is 6.42 Å². The SMILES string of the molecule is FC(F)(F)C1(C(F)(F)F)N[C@H]2[C@H](Br)[C@@H]1C[C@H]2Cl. The van der Waals surface area contributed by atoms with Crippen LogP contribution in [-0.4, -0.2) is 34.1 Å². The molecule has 2 bridgehead atoms. The largest absolute Gasteiger partial charge is 0.415 e. The molecule has 1 aliphatic carbocycles. The third-order valence-electron chi connectivity index (χ3n) is 3.44. The highest BCUT2D eigenvalue weighted by Crippen LogP contribution is 2.59. The Morgan fingerprint density at radius 2 is 1.59 bits per heavy atom. The molecule has 4 atom stereocenters. The zero-order valence-electron chi connectivity index (χ0n) is 8.04. The minimum Gasteiger partial charge on any atom is -0.290 e. The predicted octanol–water partition coefficient (Wildman–Crippen LogP) is 3.21. The zero-order chi connectivity index (χ0) is 13.2. The van der Waals surface area contributed by atoms with E-state index in [1.54, 1.807) is 5.32 Å². The van der Waals surface area contributed by atoms with Crippen LogP contribution < -0.4 is 5.32 Å². The number of piperidine rings is 1. The summed E-state index contributed by atoms with van der Waals surface area (Å²) < 4.78 is 76.9. The fourth-order valence-corrected chi connectivity index (χ4v) is 4.37. The van der Waals surface area contributed by atoms with Crippen LogP contribution in [0.4, 0.5) is 26.3 Å². The van der Waals surface area contributed by atoms with Crippen molar-refractivity contribution in [2.75, 3.05) is 0 Å². The lowest BCUT2D eigenvalue weighted by molar-refractivity contribution is -0.318. The first-order chi connectivity index (χ1) is 7.52. The van der Waals surface area contributed by atoms with Crippen molar-refractivity contribution >= 4 is 27.5 Å². The first kappa shape index (κ1) is 13.7. The van der Waals surface area contributed by atoms with E-state index in [0.717, 1.165) is 0 Å². The molecule has 1 heterocycles. The summed E-state index contributed by atoms with van der Waals surface area (Å²) in [4.78, 5) is -0.923. The van der Waals surface area contributed by atoms with Gasteiger partial charge < -0.3 is 0 Å². The van der Waals surface area contributed by atoms with E-state index < -0.39 is 40.1 Å². The molecule has 1 nitrogen and oxygen atoms in total. The van der Waals surface area contributed by atoms with Crippen LogP contribution >= 0.6 is 27.5 Å². The lowest BCUT2D eigenvalue weighted by Gasteiger charge is -2.41. The van der Waals surface area contributed by atoms with Crippen LogP contribution in [-0.2, 0) is 0 Å². The second-order valence-electron chi connectivity index (χ2n) is 4.28. The molecule has 2 fully saturated rings. The Balaban J connectivity index is 2.48. The van der Waals surface area contributed by atoms with Crippen molar-refractivity contribution in [2.24, 2.45) is 5.92 Å². The molecule has 17 heavy (non-hydrogen) atoms. The maximum absolute atomic E-state index is 12.8. The van der Waals surface area contributed by atoms with Crippen molar-refractivity contribution in [3.63, 3.8) is 0 Å². The topological polar surface area (TPSA) is 12.0 Å². The molecule has 0 radical (unpaired) electrons. The molecule has 0 spiro atoms. The second kappa shape index (κ2) is 3.66. The van der Waals surface area contributed by atoms with Gasteiger partial charge in [-0.3, -0.25) is 5.32 Å². The maximum atomic E-state index is 12.8. The van der Waals surface area contributed by atoms with Crippen LogP contribution in [0.25, 0.3) is 0 Å². The van der Waals surface area contributed by atoms with Gasteiger partial charge in [0.05, 0.1) is 5.38 Å². The lowest BCUT2D eigenvalue weighted by atomic mass is 9.82. The normalized spacial score (nSPS) is 40.9. The smallest absolute Gasteiger partial charge is 0.290 e. The average molecular weight is 346 g/mol. The predicted molar refractivity (Wildman–Crippen MR) is 52.2 cm³/mol. The minimum absolute atomic E-state index is 0.311. The van der Waals surface area contributed by atoms with Gasteiger partial charge in [0.15, 0.2) is 0 Å². The molecule has 1 aliphatic heterocycles. The van der Waals surface area contributed by atoms with Crippen LogP contribution in [0, 0.1) is 5.92 Å². The van der Waals surface area contributed by atoms with E-state index in [9.17, 15) is 26.3 Å². The molecular formula is C8H7BrClF6N. The molecule has 1 N–H and O–H groups in total. The molecule has 2 aliphatic rings. The Kier molecular flexibility index (Phi) is 2.96. The van der Waals surface area contributed by atoms with E-state index in [4.69, 9.17) is 11.6 Å². The summed E-state index contributed by atoms with van der Waals surface area (Å²) in [6.07, 6.45) is -11.1. The Bertz CT molecular complexity index is 315. The Hall–Kier alpha value is 0.310. The third kappa shape index (κ3) is 1.63. The fourth-order valence-electron chi connectivity index (χ4n) is 2.67. The van der Waals surface area contributed by atoms with Crippen molar-refractivity contribution in [1.29, 1.82) is 0 Å². The monoisotopic (exact) mass is 345 g/mol. The van der Waals surface area contributed by atoms with Crippen LogP contribution in [0.2, 0.25) is 0 Å². The Labute approximate surface area is 106 Å². The lowest BCUT2D eigenvalue weighted by Crippen LogP contribution is -2.70. The van der Waals surface area contributed by atoms with Crippen LogP contribution in [0.5, 0.6) is 0 Å². The molecule has 9 heteroatoms. The van der Waals surface area contributed by atoms with Gasteiger partial charge in [0, 0.05) is 16.8 Å². The summed E-state index contributed by atoms with van der Waals surface area (Å²) in [5, 5.41) is 0.934. The highest BCUT2D eigenvalue weighted by atomic mass is 79.9. The molecule has 100 valence electrons. The zero-order valence-corrected chi connectivity index (χ0v) is 10.4. The number of rotatable bonds is 0. The standard InChI is InChI=1S/C8H7BrClF6N/c9-4-2-1-3(10)5(4)17-6(2,7(11,12)13)8(14,15)16/h2-5,17H,1H2/t2-,3+,4+,5+/m0/s1. The highest BCUT2D eigenvalue weighted by Gasteiger charge is 2.81. The molecular weight excluding hydrogens is 339 g/mol. The van der Waals surface area contributed by atoms with Gasteiger partial charge in [-0.15, -0.1) is 11.6 Å². The van der Waals surface area contributed by atoms with Crippen LogP contribution in [0.15, 0.2) is 0 Å². The van der Waals surface area contributed by atoms with Gasteiger partial charge in [-0.2, -0.15) is 26.3 Å². The molecule has 0 aromatic carbocycles. The van der Waals surface area contributed by atoms with E-state index in [0.29, 0.717) is 0 Å². The van der Waals surface area contributed by atoms with Crippen molar-refractivity contribution in [2.45, 2.75) is 40.6 Å². The van der Waals surface area contributed by atoms with Gasteiger partial charge in [-0.1, -0.05) is 15.9 Å². The van der Waals surface area contributed by atoms with E-state index in [1.165, 1.54) is 0 Å². The molecule has 1 saturated carbocycles. The fraction of sp³-hybridized carbons (Fsp3) is 1.00. The molecule has 0 aromatic rings. The summed E-state index contributed by atoms with van der Waals surface area (Å²) in [5.41, 5.74) is -3.84. The first-order valence-corrected chi connectivity index (χ1v) is 6.07. The first-order valence-electron chi connectivity index (χ1n) is 4.71. The summed E-state index contributed by atoms with van der Waals surface area (Å²) in [6, 6.07) is -1.02. The second-order valence-corrected chi connectivity index (χ2v) is 5.89. The number of nitrogens with one attached hydrogen (secondary N) is 1. The number of fused-ring (bicyclic) bond motifs is 2. The molecule has 0 aromatic heterocycles. The molecule has 0 unspecified atom stereocenters. The molecule has 2 rings (SSSR count). The van der Waals surface area contributed by atoms with Crippen molar-refractivity contribution in [3.05, 3.63) is 0 Å². The summed E-state index contributed by atoms with van der Waals surface area (Å²) >= 11 is 8.59. The highest BCUT2D eigenvalue weighted by molar-refractivity contribution is 9.09.